The van der Waals surface area contributed by atoms with E-state index in [9.17, 15) is 9.59 Å². The van der Waals surface area contributed by atoms with Crippen LogP contribution in [0.25, 0.3) is 0 Å². The van der Waals surface area contributed by atoms with Gasteiger partial charge >= 0.3 is 0 Å². The summed E-state index contributed by atoms with van der Waals surface area (Å²) in [6, 6.07) is 16.2. The summed E-state index contributed by atoms with van der Waals surface area (Å²) in [6.45, 7) is 5.99. The van der Waals surface area contributed by atoms with Crippen molar-refractivity contribution in [3.8, 4) is 0 Å². The number of benzene rings is 2. The fourth-order valence-electron chi connectivity index (χ4n) is 4.36. The molecule has 2 aromatic rings. The molecule has 3 fully saturated rings. The number of hydrogen-bond donors (Lipinski definition) is 1. The SMILES string of the molecule is CC(=O)c1ccccc1Sc1ccc(C(=O)NC2CN3CCC2CC3C)cc1. The van der Waals surface area contributed by atoms with Crippen molar-refractivity contribution in [1.29, 1.82) is 0 Å². The molecular formula is C23H26N2O2S. The Balaban J connectivity index is 1.41. The highest BCUT2D eigenvalue weighted by Crippen LogP contribution is 2.33. The molecule has 5 heteroatoms. The molecule has 0 spiro atoms. The lowest BCUT2D eigenvalue weighted by Crippen LogP contribution is -2.60. The van der Waals surface area contributed by atoms with E-state index in [0.717, 1.165) is 28.4 Å². The third-order valence-corrected chi connectivity index (χ3v) is 7.07. The number of carbonyl (C=O) groups is 2. The van der Waals surface area contributed by atoms with Crippen LogP contribution in [0.4, 0.5) is 0 Å². The third-order valence-electron chi connectivity index (χ3n) is 5.98. The first-order valence-electron chi connectivity index (χ1n) is 9.94. The standard InChI is InChI=1S/C23H26N2O2S/c1-15-13-18-11-12-25(15)14-21(18)24-23(27)17-7-9-19(10-8-17)28-22-6-4-3-5-20(22)16(2)26/h3-10,15,18,21H,11-14H2,1-2H3,(H,24,27). The predicted octanol–water partition coefficient (Wildman–Crippen LogP) is 4.25. The van der Waals surface area contributed by atoms with Crippen molar-refractivity contribution in [2.24, 2.45) is 5.92 Å². The van der Waals surface area contributed by atoms with Crippen LogP contribution in [0, 0.1) is 5.92 Å². The molecule has 4 nitrogen and oxygen atoms in total. The van der Waals surface area contributed by atoms with E-state index in [0.29, 0.717) is 17.5 Å². The molecule has 0 saturated carbocycles. The van der Waals surface area contributed by atoms with E-state index in [4.69, 9.17) is 0 Å². The molecular weight excluding hydrogens is 368 g/mol. The number of nitrogens with zero attached hydrogens (tertiary/aromatic N) is 1. The molecule has 0 radical (unpaired) electrons. The minimum absolute atomic E-state index is 0.00656. The fraction of sp³-hybridized carbons (Fsp3) is 0.391. The maximum absolute atomic E-state index is 12.7. The van der Waals surface area contributed by atoms with Crippen molar-refractivity contribution in [2.45, 2.75) is 48.6 Å². The monoisotopic (exact) mass is 394 g/mol. The first kappa shape index (κ1) is 19.2. The van der Waals surface area contributed by atoms with E-state index in [-0.39, 0.29) is 17.7 Å². The van der Waals surface area contributed by atoms with Crippen molar-refractivity contribution in [2.75, 3.05) is 13.1 Å². The molecule has 146 valence electrons. The van der Waals surface area contributed by atoms with E-state index in [1.165, 1.54) is 12.8 Å². The minimum Gasteiger partial charge on any atom is -0.348 e. The first-order chi connectivity index (χ1) is 13.5. The summed E-state index contributed by atoms with van der Waals surface area (Å²) in [7, 11) is 0. The number of piperidine rings is 3. The lowest BCUT2D eigenvalue weighted by molar-refractivity contribution is 0.0274. The van der Waals surface area contributed by atoms with Crippen molar-refractivity contribution < 1.29 is 9.59 Å². The van der Waals surface area contributed by atoms with Gasteiger partial charge < -0.3 is 5.32 Å². The highest BCUT2D eigenvalue weighted by Gasteiger charge is 2.38. The van der Waals surface area contributed by atoms with Crippen LogP contribution < -0.4 is 5.32 Å². The molecule has 5 rings (SSSR count). The molecule has 3 heterocycles. The third kappa shape index (κ3) is 4.01. The molecule has 1 N–H and O–H groups in total. The molecule has 3 aliphatic rings. The van der Waals surface area contributed by atoms with E-state index < -0.39 is 0 Å². The lowest BCUT2D eigenvalue weighted by Gasteiger charge is -2.48. The lowest BCUT2D eigenvalue weighted by atomic mass is 9.80. The average molecular weight is 395 g/mol. The van der Waals surface area contributed by atoms with Crippen LogP contribution in [0.1, 0.15) is 47.4 Å². The van der Waals surface area contributed by atoms with Gasteiger partial charge in [0.2, 0.25) is 0 Å². The second kappa shape index (κ2) is 8.10. The second-order valence-corrected chi connectivity index (χ2v) is 9.00. The second-order valence-electron chi connectivity index (χ2n) is 7.89. The number of hydrogen-bond acceptors (Lipinski definition) is 4. The Bertz CT molecular complexity index is 880. The summed E-state index contributed by atoms with van der Waals surface area (Å²) >= 11 is 1.55. The van der Waals surface area contributed by atoms with Crippen molar-refractivity contribution in [3.05, 3.63) is 59.7 Å². The Morgan fingerprint density at radius 2 is 1.86 bits per heavy atom. The van der Waals surface area contributed by atoms with Crippen molar-refractivity contribution in [3.63, 3.8) is 0 Å². The van der Waals surface area contributed by atoms with Crippen LogP contribution in [0.15, 0.2) is 58.3 Å². The Morgan fingerprint density at radius 3 is 2.50 bits per heavy atom. The molecule has 4 atom stereocenters. The van der Waals surface area contributed by atoms with Gasteiger partial charge in [-0.2, -0.15) is 0 Å². The van der Waals surface area contributed by atoms with Crippen molar-refractivity contribution >= 4 is 23.5 Å². The molecule has 3 aliphatic heterocycles. The Morgan fingerprint density at radius 1 is 1.11 bits per heavy atom. The Kier molecular flexibility index (Phi) is 5.56. The first-order valence-corrected chi connectivity index (χ1v) is 10.8. The van der Waals surface area contributed by atoms with E-state index >= 15 is 0 Å². The maximum Gasteiger partial charge on any atom is 0.251 e. The zero-order chi connectivity index (χ0) is 19.7. The molecule has 4 unspecified atom stereocenters. The van der Waals surface area contributed by atoms with E-state index in [1.54, 1.807) is 18.7 Å². The van der Waals surface area contributed by atoms with Crippen LogP contribution in [-0.2, 0) is 0 Å². The fourth-order valence-corrected chi connectivity index (χ4v) is 5.35. The molecule has 2 bridgehead atoms. The molecule has 2 aromatic carbocycles. The summed E-state index contributed by atoms with van der Waals surface area (Å²) in [5, 5.41) is 3.25. The summed E-state index contributed by atoms with van der Waals surface area (Å²) < 4.78 is 0. The van der Waals surface area contributed by atoms with Gasteiger partial charge in [-0.15, -0.1) is 0 Å². The topological polar surface area (TPSA) is 49.4 Å². The largest absolute Gasteiger partial charge is 0.348 e. The van der Waals surface area contributed by atoms with Crippen LogP contribution in [0.3, 0.4) is 0 Å². The van der Waals surface area contributed by atoms with Gasteiger partial charge in [0.15, 0.2) is 5.78 Å². The maximum atomic E-state index is 12.7. The molecule has 0 aliphatic carbocycles. The van der Waals surface area contributed by atoms with Gasteiger partial charge in [0.05, 0.1) is 0 Å². The van der Waals surface area contributed by atoms with Gasteiger partial charge in [-0.05, 0) is 69.5 Å². The zero-order valence-corrected chi connectivity index (χ0v) is 17.2. The van der Waals surface area contributed by atoms with Crippen LogP contribution in [0.2, 0.25) is 0 Å². The van der Waals surface area contributed by atoms with Gasteiger partial charge in [-0.3, -0.25) is 14.5 Å². The number of rotatable bonds is 5. The summed E-state index contributed by atoms with van der Waals surface area (Å²) in [5.41, 5.74) is 1.42. The van der Waals surface area contributed by atoms with E-state index in [2.05, 4.69) is 17.1 Å². The Labute approximate surface area is 170 Å². The quantitative estimate of drug-likeness (QED) is 0.770. The molecule has 0 aromatic heterocycles. The average Bonchev–Trinajstić information content (AvgIpc) is 2.70. The highest BCUT2D eigenvalue weighted by molar-refractivity contribution is 7.99. The normalized spacial score (nSPS) is 26.1. The zero-order valence-electron chi connectivity index (χ0n) is 16.4. The van der Waals surface area contributed by atoms with Crippen LogP contribution >= 0.6 is 11.8 Å². The molecule has 3 saturated heterocycles. The van der Waals surface area contributed by atoms with Gasteiger partial charge in [0.1, 0.15) is 0 Å². The molecule has 1 amide bonds. The number of carbonyl (C=O) groups excluding carboxylic acids is 2. The number of amides is 1. The van der Waals surface area contributed by atoms with Crippen LogP contribution in [0.5, 0.6) is 0 Å². The minimum atomic E-state index is 0.00656. The highest BCUT2D eigenvalue weighted by atomic mass is 32.2. The van der Waals surface area contributed by atoms with E-state index in [1.807, 2.05) is 48.5 Å². The number of Topliss-reactive ketones (excluding diaryl/α,β-unsaturated/α-hetero) is 1. The summed E-state index contributed by atoms with van der Waals surface area (Å²) in [5.74, 6) is 0.667. The van der Waals surface area contributed by atoms with Crippen LogP contribution in [-0.4, -0.2) is 41.8 Å². The summed E-state index contributed by atoms with van der Waals surface area (Å²) in [4.78, 5) is 28.9. The van der Waals surface area contributed by atoms with Gasteiger partial charge in [-0.1, -0.05) is 30.0 Å². The molecule has 28 heavy (non-hydrogen) atoms. The number of fused-ring (bicyclic) bond motifs is 3. The predicted molar refractivity (Wildman–Crippen MR) is 112 cm³/mol. The number of nitrogens with one attached hydrogen (secondary N) is 1. The smallest absolute Gasteiger partial charge is 0.251 e. The van der Waals surface area contributed by atoms with Crippen molar-refractivity contribution in [1.82, 2.24) is 10.2 Å². The number of ketones is 1. The van der Waals surface area contributed by atoms with Gasteiger partial charge in [0, 0.05) is 39.5 Å². The Hall–Kier alpha value is -2.11. The summed E-state index contributed by atoms with van der Waals surface area (Å²) in [6.07, 6.45) is 2.36. The van der Waals surface area contributed by atoms with Gasteiger partial charge in [-0.25, -0.2) is 0 Å². The van der Waals surface area contributed by atoms with Gasteiger partial charge in [0.25, 0.3) is 5.91 Å².